The van der Waals surface area contributed by atoms with E-state index in [2.05, 4.69) is 4.90 Å². The summed E-state index contributed by atoms with van der Waals surface area (Å²) < 4.78 is 16.4. The highest BCUT2D eigenvalue weighted by Gasteiger charge is 2.40. The summed E-state index contributed by atoms with van der Waals surface area (Å²) in [5.74, 6) is 1.98. The van der Waals surface area contributed by atoms with E-state index in [9.17, 15) is 4.79 Å². The predicted octanol–water partition coefficient (Wildman–Crippen LogP) is 4.37. The average molecular weight is 425 g/mol. The number of rotatable bonds is 8. The van der Waals surface area contributed by atoms with Crippen LogP contribution in [0.3, 0.4) is 0 Å². The largest absolute Gasteiger partial charge is 0.493 e. The van der Waals surface area contributed by atoms with Crippen LogP contribution in [0.4, 0.5) is 10.5 Å². The van der Waals surface area contributed by atoms with Crippen molar-refractivity contribution in [2.24, 2.45) is 5.92 Å². The highest BCUT2D eigenvalue weighted by Crippen LogP contribution is 2.34. The minimum Gasteiger partial charge on any atom is -0.493 e. The van der Waals surface area contributed by atoms with E-state index in [-0.39, 0.29) is 12.1 Å². The molecule has 3 heterocycles. The zero-order valence-corrected chi connectivity index (χ0v) is 18.5. The first-order valence-electron chi connectivity index (χ1n) is 11.1. The minimum absolute atomic E-state index is 0.184. The van der Waals surface area contributed by atoms with Gasteiger partial charge in [0.1, 0.15) is 0 Å². The number of nitrogens with zero attached hydrogens (tertiary/aromatic N) is 2. The second-order valence-corrected chi connectivity index (χ2v) is 8.32. The molecule has 3 aliphatic heterocycles. The maximum absolute atomic E-state index is 13.2. The second-order valence-electron chi connectivity index (χ2n) is 8.32. The fraction of sp³-hybridized carbons (Fsp3) is 0.480. The van der Waals surface area contributed by atoms with E-state index in [4.69, 9.17) is 14.2 Å². The summed E-state index contributed by atoms with van der Waals surface area (Å²) in [5.41, 5.74) is 2.05. The average Bonchev–Trinajstić information content (AvgIpc) is 2.83. The van der Waals surface area contributed by atoms with Crippen LogP contribution in [0.5, 0.6) is 11.5 Å². The summed E-state index contributed by atoms with van der Waals surface area (Å²) in [6, 6.07) is 16.0. The van der Waals surface area contributed by atoms with Crippen LogP contribution in [0, 0.1) is 5.92 Å². The van der Waals surface area contributed by atoms with Crippen molar-refractivity contribution in [1.29, 1.82) is 0 Å². The third kappa shape index (κ3) is 4.96. The first kappa shape index (κ1) is 21.5. The summed E-state index contributed by atoms with van der Waals surface area (Å²) in [7, 11) is 3.26. The van der Waals surface area contributed by atoms with Gasteiger partial charge in [-0.2, -0.15) is 0 Å². The Bertz CT molecular complexity index is 865. The molecule has 3 saturated heterocycles. The Morgan fingerprint density at radius 1 is 1.03 bits per heavy atom. The molecule has 6 heteroatoms. The molecule has 2 bridgehead atoms. The van der Waals surface area contributed by atoms with Gasteiger partial charge in [0.05, 0.1) is 26.9 Å². The monoisotopic (exact) mass is 424 g/mol. The van der Waals surface area contributed by atoms with Crippen molar-refractivity contribution < 1.29 is 19.0 Å². The van der Waals surface area contributed by atoms with Gasteiger partial charge in [-0.25, -0.2) is 4.79 Å². The lowest BCUT2D eigenvalue weighted by Crippen LogP contribution is -2.59. The van der Waals surface area contributed by atoms with Crippen LogP contribution in [-0.4, -0.2) is 57.5 Å². The molecular weight excluding hydrogens is 392 g/mol. The standard InChI is InChI=1S/C25H32N2O4/c1-29-23-11-10-19(17-24(23)30-2)7-6-16-31-25(28)27(21-8-4-3-5-9-21)22-18-26-14-12-20(22)13-15-26/h3-5,8-11,17,20,22H,6-7,12-16,18H2,1-2H3. The molecule has 1 amide bonds. The van der Waals surface area contributed by atoms with E-state index in [1.165, 1.54) is 0 Å². The summed E-state index contributed by atoms with van der Waals surface area (Å²) in [4.78, 5) is 17.5. The van der Waals surface area contributed by atoms with Crippen LogP contribution in [0.1, 0.15) is 24.8 Å². The zero-order valence-electron chi connectivity index (χ0n) is 18.5. The number of aryl methyl sites for hydroxylation is 1. The van der Waals surface area contributed by atoms with Crippen molar-refractivity contribution in [3.63, 3.8) is 0 Å². The molecule has 3 aliphatic rings. The summed E-state index contributed by atoms with van der Waals surface area (Å²) in [6.07, 6.45) is 3.63. The van der Waals surface area contributed by atoms with Gasteiger partial charge in [-0.15, -0.1) is 0 Å². The van der Waals surface area contributed by atoms with Crippen LogP contribution in [0.25, 0.3) is 0 Å². The molecule has 0 spiro atoms. The minimum atomic E-state index is -0.239. The Labute approximate surface area is 184 Å². The quantitative estimate of drug-likeness (QED) is 0.589. The fourth-order valence-corrected chi connectivity index (χ4v) is 4.79. The van der Waals surface area contributed by atoms with Crippen molar-refractivity contribution in [1.82, 2.24) is 4.90 Å². The lowest BCUT2D eigenvalue weighted by molar-refractivity contribution is 0.0788. The molecule has 31 heavy (non-hydrogen) atoms. The van der Waals surface area contributed by atoms with Gasteiger partial charge >= 0.3 is 6.09 Å². The molecule has 0 N–H and O–H groups in total. The fourth-order valence-electron chi connectivity index (χ4n) is 4.79. The number of methoxy groups -OCH3 is 2. The maximum Gasteiger partial charge on any atom is 0.414 e. The number of carbonyl (C=O) groups is 1. The molecule has 0 aromatic heterocycles. The van der Waals surface area contributed by atoms with E-state index in [1.54, 1.807) is 14.2 Å². The van der Waals surface area contributed by atoms with Crippen molar-refractivity contribution in [2.75, 3.05) is 45.4 Å². The van der Waals surface area contributed by atoms with Gasteiger partial charge in [0, 0.05) is 12.2 Å². The molecule has 0 saturated carbocycles. The zero-order chi connectivity index (χ0) is 21.6. The molecule has 5 rings (SSSR count). The van der Waals surface area contributed by atoms with Crippen molar-refractivity contribution >= 4 is 11.8 Å². The van der Waals surface area contributed by atoms with E-state index >= 15 is 0 Å². The molecular formula is C25H32N2O4. The Morgan fingerprint density at radius 3 is 2.42 bits per heavy atom. The summed E-state index contributed by atoms with van der Waals surface area (Å²) >= 11 is 0. The van der Waals surface area contributed by atoms with Crippen LogP contribution < -0.4 is 14.4 Å². The van der Waals surface area contributed by atoms with Gasteiger partial charge in [0.25, 0.3) is 0 Å². The third-order valence-corrected chi connectivity index (χ3v) is 6.47. The van der Waals surface area contributed by atoms with Crippen molar-refractivity contribution in [3.05, 3.63) is 54.1 Å². The lowest BCUT2D eigenvalue weighted by Gasteiger charge is -2.48. The number of amides is 1. The molecule has 2 aromatic rings. The number of anilines is 1. The van der Waals surface area contributed by atoms with Crippen molar-refractivity contribution in [2.45, 2.75) is 31.7 Å². The van der Waals surface area contributed by atoms with Gasteiger partial charge in [-0.05, 0) is 74.5 Å². The number of piperidine rings is 3. The number of hydrogen-bond acceptors (Lipinski definition) is 5. The van der Waals surface area contributed by atoms with Crippen LogP contribution in [0.2, 0.25) is 0 Å². The number of hydrogen-bond donors (Lipinski definition) is 0. The van der Waals surface area contributed by atoms with E-state index in [0.717, 1.165) is 62.3 Å². The van der Waals surface area contributed by atoms with E-state index < -0.39 is 0 Å². The molecule has 2 aromatic carbocycles. The van der Waals surface area contributed by atoms with Gasteiger partial charge in [0.2, 0.25) is 0 Å². The molecule has 6 nitrogen and oxygen atoms in total. The number of para-hydroxylation sites is 1. The molecule has 0 radical (unpaired) electrons. The SMILES string of the molecule is COc1ccc(CCCOC(=O)N(c2ccccc2)C2CN3CCC2CC3)cc1OC. The predicted molar refractivity (Wildman–Crippen MR) is 121 cm³/mol. The molecule has 3 fully saturated rings. The van der Waals surface area contributed by atoms with Crippen LogP contribution >= 0.6 is 0 Å². The highest BCUT2D eigenvalue weighted by atomic mass is 16.6. The smallest absolute Gasteiger partial charge is 0.414 e. The lowest BCUT2D eigenvalue weighted by atomic mass is 9.83. The first-order valence-corrected chi connectivity index (χ1v) is 11.1. The van der Waals surface area contributed by atoms with Gasteiger partial charge in [0.15, 0.2) is 11.5 Å². The number of carbonyl (C=O) groups excluding carboxylic acids is 1. The van der Waals surface area contributed by atoms with E-state index in [1.807, 2.05) is 53.4 Å². The van der Waals surface area contributed by atoms with Gasteiger partial charge in [-0.1, -0.05) is 24.3 Å². The highest BCUT2D eigenvalue weighted by molar-refractivity contribution is 5.88. The first-order chi connectivity index (χ1) is 15.2. The Kier molecular flexibility index (Phi) is 6.97. The van der Waals surface area contributed by atoms with Gasteiger partial charge < -0.3 is 19.1 Å². The molecule has 1 unspecified atom stereocenters. The van der Waals surface area contributed by atoms with Crippen molar-refractivity contribution in [3.8, 4) is 11.5 Å². The third-order valence-electron chi connectivity index (χ3n) is 6.47. The normalized spacial score (nSPS) is 22.1. The number of ether oxygens (including phenoxy) is 3. The Balaban J connectivity index is 1.37. The topological polar surface area (TPSA) is 51.2 Å². The molecule has 0 aliphatic carbocycles. The maximum atomic E-state index is 13.2. The van der Waals surface area contributed by atoms with Crippen LogP contribution in [-0.2, 0) is 11.2 Å². The van der Waals surface area contributed by atoms with Crippen LogP contribution in [0.15, 0.2) is 48.5 Å². The second kappa shape index (κ2) is 10.1. The van der Waals surface area contributed by atoms with Gasteiger partial charge in [-0.3, -0.25) is 4.90 Å². The Morgan fingerprint density at radius 2 is 1.77 bits per heavy atom. The summed E-state index contributed by atoms with van der Waals surface area (Å²) in [5, 5.41) is 0. The molecule has 166 valence electrons. The Hall–Kier alpha value is -2.73. The van der Waals surface area contributed by atoms with E-state index in [0.29, 0.717) is 18.3 Å². The summed E-state index contributed by atoms with van der Waals surface area (Å²) in [6.45, 7) is 3.60. The number of fused-ring (bicyclic) bond motifs is 3. The number of benzene rings is 2. The molecule has 1 atom stereocenters.